The minimum atomic E-state index is -0.879. The molecule has 0 spiro atoms. The molecule has 3 fully saturated rings. The molecule has 2 nitrogen and oxygen atoms in total. The van der Waals surface area contributed by atoms with Crippen molar-refractivity contribution < 1.29 is 10.2 Å². The van der Waals surface area contributed by atoms with E-state index < -0.39 is 5.60 Å². The lowest BCUT2D eigenvalue weighted by Gasteiger charge is -2.56. The molecule has 0 radical (unpaired) electrons. The highest BCUT2D eigenvalue weighted by atomic mass is 16.3. The standard InChI is InChI=1S/C21H30O2/c1-3-20-11-9-17-16-8-6-15(22)13-14(16)5-7-18(17)19(20)10-12-21(20,23)4-2/h2,13,15-19,22-23H,3,5-12H2,1H3/t15?,16-,17+,18+,19-,20-,21-/m0/s1. The molecule has 4 rings (SSSR count). The molecule has 7 atom stereocenters. The molecule has 23 heavy (non-hydrogen) atoms. The number of fused-ring (bicyclic) bond motifs is 5. The molecule has 4 aliphatic rings. The highest BCUT2D eigenvalue weighted by molar-refractivity contribution is 5.26. The summed E-state index contributed by atoms with van der Waals surface area (Å²) in [6, 6.07) is 0. The molecular weight excluding hydrogens is 284 g/mol. The van der Waals surface area contributed by atoms with Crippen molar-refractivity contribution in [3.05, 3.63) is 11.6 Å². The number of hydrogen-bond donors (Lipinski definition) is 2. The second kappa shape index (κ2) is 5.36. The van der Waals surface area contributed by atoms with Gasteiger partial charge < -0.3 is 10.2 Å². The first kappa shape index (κ1) is 15.7. The third-order valence-electron chi connectivity index (χ3n) is 8.15. The first-order valence-corrected chi connectivity index (χ1v) is 9.63. The van der Waals surface area contributed by atoms with Crippen LogP contribution >= 0.6 is 0 Å². The summed E-state index contributed by atoms with van der Waals surface area (Å²) in [4.78, 5) is 0. The van der Waals surface area contributed by atoms with E-state index in [2.05, 4.69) is 18.9 Å². The van der Waals surface area contributed by atoms with E-state index in [-0.39, 0.29) is 11.5 Å². The first-order chi connectivity index (χ1) is 11.0. The minimum Gasteiger partial charge on any atom is -0.389 e. The molecule has 126 valence electrons. The van der Waals surface area contributed by atoms with Crippen molar-refractivity contribution in [3.63, 3.8) is 0 Å². The number of allylic oxidation sites excluding steroid dienone is 1. The number of rotatable bonds is 1. The zero-order valence-electron chi connectivity index (χ0n) is 14.3. The van der Waals surface area contributed by atoms with Crippen LogP contribution in [0.15, 0.2) is 11.6 Å². The predicted octanol–water partition coefficient (Wildman–Crippen LogP) is 3.67. The molecule has 2 N–H and O–H groups in total. The normalized spacial score (nSPS) is 51.9. The Morgan fingerprint density at radius 3 is 2.74 bits per heavy atom. The summed E-state index contributed by atoms with van der Waals surface area (Å²) in [5.41, 5.74) is 0.605. The van der Waals surface area contributed by atoms with E-state index in [1.165, 1.54) is 18.4 Å². The molecule has 2 heteroatoms. The topological polar surface area (TPSA) is 40.5 Å². The molecule has 0 bridgehead atoms. The van der Waals surface area contributed by atoms with Crippen LogP contribution in [0, 0.1) is 41.4 Å². The predicted molar refractivity (Wildman–Crippen MR) is 91.5 cm³/mol. The Bertz CT molecular complexity index is 559. The van der Waals surface area contributed by atoms with Crippen LogP contribution < -0.4 is 0 Å². The second-order valence-electron chi connectivity index (χ2n) is 8.56. The number of aliphatic hydroxyl groups excluding tert-OH is 1. The average Bonchev–Trinajstić information content (AvgIpc) is 2.88. The zero-order chi connectivity index (χ0) is 16.2. The van der Waals surface area contributed by atoms with Crippen molar-refractivity contribution >= 4 is 0 Å². The van der Waals surface area contributed by atoms with Gasteiger partial charge in [0.15, 0.2) is 0 Å². The van der Waals surface area contributed by atoms with Crippen molar-refractivity contribution in [2.45, 2.75) is 76.4 Å². The number of hydrogen-bond acceptors (Lipinski definition) is 2. The Hall–Kier alpha value is -0.780. The molecule has 3 saturated carbocycles. The van der Waals surface area contributed by atoms with Crippen molar-refractivity contribution in [2.24, 2.45) is 29.1 Å². The molecule has 4 aliphatic carbocycles. The summed E-state index contributed by atoms with van der Waals surface area (Å²) in [7, 11) is 0. The molecule has 0 aromatic carbocycles. The highest BCUT2D eigenvalue weighted by Gasteiger charge is 2.63. The molecule has 0 saturated heterocycles. The lowest BCUT2D eigenvalue weighted by molar-refractivity contribution is -0.100. The van der Waals surface area contributed by atoms with Crippen LogP contribution in [0.1, 0.15) is 64.7 Å². The zero-order valence-corrected chi connectivity index (χ0v) is 14.3. The molecule has 0 aliphatic heterocycles. The van der Waals surface area contributed by atoms with Gasteiger partial charge in [0.1, 0.15) is 5.60 Å². The summed E-state index contributed by atoms with van der Waals surface area (Å²) < 4.78 is 0. The van der Waals surface area contributed by atoms with Gasteiger partial charge in [0, 0.05) is 5.41 Å². The van der Waals surface area contributed by atoms with Crippen LogP contribution in [0.3, 0.4) is 0 Å². The number of terminal acetylenes is 1. The van der Waals surface area contributed by atoms with Gasteiger partial charge >= 0.3 is 0 Å². The second-order valence-corrected chi connectivity index (χ2v) is 8.56. The third kappa shape index (κ3) is 2.02. The van der Waals surface area contributed by atoms with Gasteiger partial charge in [-0.3, -0.25) is 0 Å². The van der Waals surface area contributed by atoms with E-state index >= 15 is 0 Å². The van der Waals surface area contributed by atoms with Gasteiger partial charge in [-0.25, -0.2) is 0 Å². The van der Waals surface area contributed by atoms with Crippen molar-refractivity contribution in [1.82, 2.24) is 0 Å². The summed E-state index contributed by atoms with van der Waals surface area (Å²) in [5.74, 6) is 5.57. The largest absolute Gasteiger partial charge is 0.389 e. The maximum atomic E-state index is 11.1. The van der Waals surface area contributed by atoms with Gasteiger partial charge in [-0.1, -0.05) is 24.5 Å². The van der Waals surface area contributed by atoms with E-state index in [1.807, 2.05) is 0 Å². The molecule has 0 heterocycles. The van der Waals surface area contributed by atoms with Gasteiger partial charge in [0.2, 0.25) is 0 Å². The van der Waals surface area contributed by atoms with Crippen LogP contribution in [-0.4, -0.2) is 21.9 Å². The molecule has 0 aromatic rings. The maximum absolute atomic E-state index is 11.1. The summed E-state index contributed by atoms with van der Waals surface area (Å²) in [6.07, 6.45) is 17.4. The lowest BCUT2D eigenvalue weighted by Crippen LogP contribution is -2.53. The minimum absolute atomic E-state index is 0.0433. The van der Waals surface area contributed by atoms with Gasteiger partial charge in [-0.15, -0.1) is 6.42 Å². The lowest BCUT2D eigenvalue weighted by atomic mass is 9.49. The Kier molecular flexibility index (Phi) is 3.67. The third-order valence-corrected chi connectivity index (χ3v) is 8.15. The molecular formula is C21H30O2. The SMILES string of the molecule is C#C[C@]1(O)CC[C@H]2[C@@H]3CCC4=CC(O)CC[C@@H]4[C@H]3CC[C@@]21CC. The fourth-order valence-corrected chi connectivity index (χ4v) is 7.09. The van der Waals surface area contributed by atoms with E-state index in [1.54, 1.807) is 0 Å². The van der Waals surface area contributed by atoms with E-state index in [0.717, 1.165) is 56.8 Å². The fraction of sp³-hybridized carbons (Fsp3) is 0.810. The monoisotopic (exact) mass is 314 g/mol. The Morgan fingerprint density at radius 1 is 1.17 bits per heavy atom. The smallest absolute Gasteiger partial charge is 0.131 e. The van der Waals surface area contributed by atoms with E-state index in [0.29, 0.717) is 11.8 Å². The van der Waals surface area contributed by atoms with Crippen LogP contribution in [0.5, 0.6) is 0 Å². The molecule has 0 aromatic heterocycles. The van der Waals surface area contributed by atoms with Gasteiger partial charge in [0.25, 0.3) is 0 Å². The molecule has 0 amide bonds. The average molecular weight is 314 g/mol. The van der Waals surface area contributed by atoms with Gasteiger partial charge in [-0.05, 0) is 81.5 Å². The quantitative estimate of drug-likeness (QED) is 0.572. The van der Waals surface area contributed by atoms with Crippen molar-refractivity contribution in [2.75, 3.05) is 0 Å². The van der Waals surface area contributed by atoms with Crippen LogP contribution in [0.2, 0.25) is 0 Å². The fourth-order valence-electron chi connectivity index (χ4n) is 7.09. The first-order valence-electron chi connectivity index (χ1n) is 9.63. The Labute approximate surface area is 140 Å². The van der Waals surface area contributed by atoms with E-state index in [4.69, 9.17) is 6.42 Å². The Balaban J connectivity index is 1.66. The molecule has 1 unspecified atom stereocenters. The van der Waals surface area contributed by atoms with E-state index in [9.17, 15) is 10.2 Å². The van der Waals surface area contributed by atoms with Gasteiger partial charge in [0.05, 0.1) is 6.10 Å². The van der Waals surface area contributed by atoms with Crippen LogP contribution in [0.4, 0.5) is 0 Å². The maximum Gasteiger partial charge on any atom is 0.131 e. The summed E-state index contributed by atoms with van der Waals surface area (Å²) in [5, 5.41) is 21.1. The van der Waals surface area contributed by atoms with Crippen molar-refractivity contribution in [1.29, 1.82) is 0 Å². The summed E-state index contributed by atoms with van der Waals surface area (Å²) >= 11 is 0. The highest BCUT2D eigenvalue weighted by Crippen LogP contribution is 2.66. The van der Waals surface area contributed by atoms with Crippen molar-refractivity contribution in [3.8, 4) is 12.3 Å². The Morgan fingerprint density at radius 2 is 2.00 bits per heavy atom. The van der Waals surface area contributed by atoms with Crippen LogP contribution in [-0.2, 0) is 0 Å². The van der Waals surface area contributed by atoms with Gasteiger partial charge in [-0.2, -0.15) is 0 Å². The van der Waals surface area contributed by atoms with Crippen LogP contribution in [0.25, 0.3) is 0 Å². The number of aliphatic hydroxyl groups is 2. The summed E-state index contributed by atoms with van der Waals surface area (Å²) in [6.45, 7) is 2.23.